The van der Waals surface area contributed by atoms with Crippen molar-refractivity contribution in [3.05, 3.63) is 53.9 Å². The van der Waals surface area contributed by atoms with Crippen molar-refractivity contribution in [2.45, 2.75) is 57.2 Å². The van der Waals surface area contributed by atoms with Gasteiger partial charge in [-0.3, -0.25) is 0 Å². The monoisotopic (exact) mass is 392 g/mol. The Hall–Kier alpha value is -3.16. The van der Waals surface area contributed by atoms with Gasteiger partial charge < -0.3 is 19.7 Å². The number of carbonyl (C=O) groups is 1. The number of carbonyl (C=O) groups excluding carboxylic acids is 1. The highest BCUT2D eigenvalue weighted by atomic mass is 16.5. The predicted octanol–water partition coefficient (Wildman–Crippen LogP) is 3.60. The Labute approximate surface area is 168 Å². The largest absolute Gasteiger partial charge is 0.347 e. The summed E-state index contributed by atoms with van der Waals surface area (Å²) in [5.74, 6) is 0.970. The van der Waals surface area contributed by atoms with Gasteiger partial charge in [-0.15, -0.1) is 0 Å². The molecule has 2 amide bonds. The zero-order valence-electron chi connectivity index (χ0n) is 16.2. The number of fused-ring (bicyclic) bond motifs is 1. The van der Waals surface area contributed by atoms with Crippen LogP contribution in [0, 0.1) is 0 Å². The van der Waals surface area contributed by atoms with Gasteiger partial charge in [-0.25, -0.2) is 9.78 Å². The molecule has 0 saturated heterocycles. The van der Waals surface area contributed by atoms with Gasteiger partial charge in [0.1, 0.15) is 6.04 Å². The van der Waals surface area contributed by atoms with E-state index in [1.165, 1.54) is 19.3 Å². The number of aromatic nitrogens is 4. The Morgan fingerprint density at radius 3 is 2.83 bits per heavy atom. The van der Waals surface area contributed by atoms with Crippen LogP contribution in [0.3, 0.4) is 0 Å². The smallest absolute Gasteiger partial charge is 0.318 e. The number of hydrogen-bond acceptors (Lipinski definition) is 5. The number of hydrogen-bond donors (Lipinski definition) is 2. The number of aromatic amines is 1. The summed E-state index contributed by atoms with van der Waals surface area (Å²) in [6.07, 6.45) is 7.89. The first-order valence-corrected chi connectivity index (χ1v) is 10.3. The van der Waals surface area contributed by atoms with Crippen LogP contribution in [0.25, 0.3) is 11.4 Å². The Balaban J connectivity index is 1.41. The van der Waals surface area contributed by atoms with Crippen molar-refractivity contribution in [2.75, 3.05) is 0 Å². The Kier molecular flexibility index (Phi) is 4.75. The van der Waals surface area contributed by atoms with Gasteiger partial charge >= 0.3 is 6.03 Å². The maximum atomic E-state index is 13.1. The Morgan fingerprint density at radius 2 is 2.00 bits per heavy atom. The number of nitrogens with zero attached hydrogens (tertiary/aromatic N) is 4. The molecule has 1 aromatic carbocycles. The van der Waals surface area contributed by atoms with Crippen molar-refractivity contribution < 1.29 is 9.32 Å². The van der Waals surface area contributed by atoms with Crippen LogP contribution in [-0.4, -0.2) is 37.1 Å². The SMILES string of the molecule is O=C(NC1CCCCC1)N1Cc2[nH]cnc2C[C@H]1c1nc(-c2ccccc2)no1. The maximum absolute atomic E-state index is 13.1. The molecule has 2 N–H and O–H groups in total. The van der Waals surface area contributed by atoms with Crippen molar-refractivity contribution in [3.8, 4) is 11.4 Å². The lowest BCUT2D eigenvalue weighted by molar-refractivity contribution is 0.138. The van der Waals surface area contributed by atoms with E-state index in [2.05, 4.69) is 25.4 Å². The van der Waals surface area contributed by atoms with Crippen LogP contribution in [0.1, 0.15) is 55.4 Å². The Bertz CT molecular complexity index is 976. The molecular weight excluding hydrogens is 368 g/mol. The first-order chi connectivity index (χ1) is 14.3. The number of nitrogens with one attached hydrogen (secondary N) is 2. The lowest BCUT2D eigenvalue weighted by atomic mass is 9.95. The van der Waals surface area contributed by atoms with Crippen LogP contribution in [0.4, 0.5) is 4.79 Å². The van der Waals surface area contributed by atoms with Crippen LogP contribution in [-0.2, 0) is 13.0 Å². The summed E-state index contributed by atoms with van der Waals surface area (Å²) in [7, 11) is 0. The molecule has 3 heterocycles. The zero-order chi connectivity index (χ0) is 19.6. The van der Waals surface area contributed by atoms with E-state index in [0.717, 1.165) is 29.8 Å². The summed E-state index contributed by atoms with van der Waals surface area (Å²) in [5, 5.41) is 7.35. The van der Waals surface area contributed by atoms with Gasteiger partial charge in [0, 0.05) is 18.0 Å². The molecule has 0 unspecified atom stereocenters. The van der Waals surface area contributed by atoms with Crippen molar-refractivity contribution in [2.24, 2.45) is 0 Å². The second kappa shape index (κ2) is 7.69. The molecule has 0 spiro atoms. The molecule has 1 saturated carbocycles. The molecule has 1 atom stereocenters. The number of amides is 2. The highest BCUT2D eigenvalue weighted by molar-refractivity contribution is 5.75. The van der Waals surface area contributed by atoms with Gasteiger partial charge in [0.25, 0.3) is 0 Å². The minimum atomic E-state index is -0.334. The van der Waals surface area contributed by atoms with Gasteiger partial charge in [0.2, 0.25) is 11.7 Å². The normalized spacial score (nSPS) is 19.7. The summed E-state index contributed by atoms with van der Waals surface area (Å²) in [6.45, 7) is 0.446. The van der Waals surface area contributed by atoms with Crippen LogP contribution >= 0.6 is 0 Å². The molecule has 150 valence electrons. The first-order valence-electron chi connectivity index (χ1n) is 10.3. The quantitative estimate of drug-likeness (QED) is 0.709. The molecule has 1 fully saturated rings. The third kappa shape index (κ3) is 3.62. The lowest BCUT2D eigenvalue weighted by Gasteiger charge is -2.34. The molecule has 1 aliphatic heterocycles. The van der Waals surface area contributed by atoms with Gasteiger partial charge in [-0.05, 0) is 12.8 Å². The summed E-state index contributed by atoms with van der Waals surface area (Å²) in [5.41, 5.74) is 2.79. The maximum Gasteiger partial charge on any atom is 0.318 e. The Morgan fingerprint density at radius 1 is 1.17 bits per heavy atom. The number of rotatable bonds is 3. The standard InChI is InChI=1S/C21H24N6O2/c28-21(24-15-9-5-2-6-10-15)27-12-17-16(22-13-23-17)11-18(27)20-25-19(26-29-20)14-7-3-1-4-8-14/h1,3-4,7-8,13,15,18H,2,5-6,9-12H2,(H,22,23)(H,24,28)/t18-/m0/s1. The number of urea groups is 1. The highest BCUT2D eigenvalue weighted by Crippen LogP contribution is 2.32. The molecule has 0 bridgehead atoms. The van der Waals surface area contributed by atoms with E-state index in [4.69, 9.17) is 4.52 Å². The van der Waals surface area contributed by atoms with Gasteiger partial charge in [0.15, 0.2) is 0 Å². The number of H-pyrrole nitrogens is 1. The fraction of sp³-hybridized carbons (Fsp3) is 0.429. The third-order valence-electron chi connectivity index (χ3n) is 5.85. The first kappa shape index (κ1) is 17.9. The van der Waals surface area contributed by atoms with E-state index in [-0.39, 0.29) is 18.1 Å². The van der Waals surface area contributed by atoms with Crippen molar-refractivity contribution in [1.82, 2.24) is 30.3 Å². The second-order valence-electron chi connectivity index (χ2n) is 7.78. The summed E-state index contributed by atoms with van der Waals surface area (Å²) < 4.78 is 5.60. The summed E-state index contributed by atoms with van der Waals surface area (Å²) in [4.78, 5) is 27.1. The molecule has 1 aliphatic carbocycles. The lowest BCUT2D eigenvalue weighted by Crippen LogP contribution is -2.48. The minimum absolute atomic E-state index is 0.0818. The van der Waals surface area contributed by atoms with E-state index >= 15 is 0 Å². The van der Waals surface area contributed by atoms with E-state index in [1.54, 1.807) is 11.2 Å². The molecule has 8 heteroatoms. The van der Waals surface area contributed by atoms with Crippen molar-refractivity contribution >= 4 is 6.03 Å². The molecule has 0 radical (unpaired) electrons. The van der Waals surface area contributed by atoms with Crippen LogP contribution in [0.2, 0.25) is 0 Å². The van der Waals surface area contributed by atoms with Gasteiger partial charge in [-0.2, -0.15) is 4.98 Å². The topological polar surface area (TPSA) is 99.9 Å². The zero-order valence-corrected chi connectivity index (χ0v) is 16.2. The molecule has 29 heavy (non-hydrogen) atoms. The molecule has 2 aromatic heterocycles. The van der Waals surface area contributed by atoms with Gasteiger partial charge in [-0.1, -0.05) is 54.8 Å². The number of imidazole rings is 1. The van der Waals surface area contributed by atoms with E-state index in [0.29, 0.717) is 24.7 Å². The fourth-order valence-electron chi connectivity index (χ4n) is 4.25. The second-order valence-corrected chi connectivity index (χ2v) is 7.78. The van der Waals surface area contributed by atoms with E-state index in [1.807, 2.05) is 30.3 Å². The molecule has 3 aromatic rings. The van der Waals surface area contributed by atoms with Crippen LogP contribution < -0.4 is 5.32 Å². The van der Waals surface area contributed by atoms with Gasteiger partial charge in [0.05, 0.1) is 24.3 Å². The summed E-state index contributed by atoms with van der Waals surface area (Å²) >= 11 is 0. The van der Waals surface area contributed by atoms with Crippen molar-refractivity contribution in [3.63, 3.8) is 0 Å². The molecule has 5 rings (SSSR count). The van der Waals surface area contributed by atoms with E-state index in [9.17, 15) is 4.79 Å². The van der Waals surface area contributed by atoms with Crippen LogP contribution in [0.5, 0.6) is 0 Å². The fourth-order valence-corrected chi connectivity index (χ4v) is 4.25. The molecule has 2 aliphatic rings. The summed E-state index contributed by atoms with van der Waals surface area (Å²) in [6, 6.07) is 9.52. The minimum Gasteiger partial charge on any atom is -0.347 e. The third-order valence-corrected chi connectivity index (χ3v) is 5.85. The van der Waals surface area contributed by atoms with Crippen LogP contribution in [0.15, 0.2) is 41.2 Å². The van der Waals surface area contributed by atoms with Crippen molar-refractivity contribution in [1.29, 1.82) is 0 Å². The van der Waals surface area contributed by atoms with E-state index < -0.39 is 0 Å². The average molecular weight is 392 g/mol. The highest BCUT2D eigenvalue weighted by Gasteiger charge is 2.36. The molecular formula is C21H24N6O2. The predicted molar refractivity (Wildman–Crippen MR) is 106 cm³/mol. The number of benzene rings is 1. The molecule has 8 nitrogen and oxygen atoms in total. The average Bonchev–Trinajstić information content (AvgIpc) is 3.43.